The van der Waals surface area contributed by atoms with Crippen molar-refractivity contribution < 1.29 is 9.90 Å². The topological polar surface area (TPSA) is 37.3 Å². The number of unbranched alkanes of at least 4 members (excludes halogenated alkanes) is 2. The second-order valence-electron chi connectivity index (χ2n) is 6.35. The summed E-state index contributed by atoms with van der Waals surface area (Å²) in [4.78, 5) is 11.1. The number of carboxylic acids is 1. The molecule has 0 aliphatic carbocycles. The third-order valence-corrected chi connectivity index (χ3v) is 4.13. The predicted molar refractivity (Wildman–Crippen MR) is 105 cm³/mol. The SMILES string of the molecule is CC=CCC=CCC=CCCCC(CC(=O)O)C(C)C=CCCC. The van der Waals surface area contributed by atoms with Crippen molar-refractivity contribution in [1.29, 1.82) is 0 Å². The van der Waals surface area contributed by atoms with Crippen LogP contribution in [-0.2, 0) is 4.79 Å². The molecule has 2 atom stereocenters. The number of rotatable bonds is 14. The summed E-state index contributed by atoms with van der Waals surface area (Å²) in [5.74, 6) is -0.103. The van der Waals surface area contributed by atoms with Crippen LogP contribution in [0.15, 0.2) is 48.6 Å². The largest absolute Gasteiger partial charge is 0.481 e. The second kappa shape index (κ2) is 16.3. The van der Waals surface area contributed by atoms with Gasteiger partial charge in [-0.05, 0) is 57.3 Å². The highest BCUT2D eigenvalue weighted by Crippen LogP contribution is 2.24. The number of hydrogen-bond acceptors (Lipinski definition) is 1. The summed E-state index contributed by atoms with van der Waals surface area (Å²) in [6, 6.07) is 0. The highest BCUT2D eigenvalue weighted by Gasteiger charge is 2.17. The smallest absolute Gasteiger partial charge is 0.303 e. The Morgan fingerprint density at radius 1 is 1.00 bits per heavy atom. The number of hydrogen-bond donors (Lipinski definition) is 1. The molecule has 2 unspecified atom stereocenters. The fourth-order valence-corrected chi connectivity index (χ4v) is 2.61. The van der Waals surface area contributed by atoms with Gasteiger partial charge in [-0.3, -0.25) is 4.79 Å². The molecule has 0 spiro atoms. The first kappa shape index (κ1) is 22.4. The first-order chi connectivity index (χ1) is 11.6. The van der Waals surface area contributed by atoms with Gasteiger partial charge in [0, 0.05) is 6.42 Å². The maximum Gasteiger partial charge on any atom is 0.303 e. The second-order valence-corrected chi connectivity index (χ2v) is 6.35. The van der Waals surface area contributed by atoms with E-state index < -0.39 is 5.97 Å². The molecule has 0 aliphatic heterocycles. The summed E-state index contributed by atoms with van der Waals surface area (Å²) in [7, 11) is 0. The van der Waals surface area contributed by atoms with E-state index in [2.05, 4.69) is 62.5 Å². The van der Waals surface area contributed by atoms with Crippen molar-refractivity contribution >= 4 is 5.97 Å². The molecule has 0 fully saturated rings. The van der Waals surface area contributed by atoms with E-state index >= 15 is 0 Å². The van der Waals surface area contributed by atoms with Crippen molar-refractivity contribution in [3.05, 3.63) is 48.6 Å². The molecule has 0 aliphatic rings. The highest BCUT2D eigenvalue weighted by molar-refractivity contribution is 5.67. The van der Waals surface area contributed by atoms with Crippen molar-refractivity contribution in [3.8, 4) is 0 Å². The fraction of sp³-hybridized carbons (Fsp3) is 0.591. The first-order valence-electron chi connectivity index (χ1n) is 9.41. The van der Waals surface area contributed by atoms with Crippen LogP contribution in [0, 0.1) is 11.8 Å². The Morgan fingerprint density at radius 2 is 1.67 bits per heavy atom. The lowest BCUT2D eigenvalue weighted by Gasteiger charge is -2.19. The van der Waals surface area contributed by atoms with Crippen LogP contribution < -0.4 is 0 Å². The van der Waals surface area contributed by atoms with Crippen molar-refractivity contribution in [2.75, 3.05) is 0 Å². The normalized spacial score (nSPS) is 15.1. The molecule has 2 nitrogen and oxygen atoms in total. The number of carbonyl (C=O) groups is 1. The van der Waals surface area contributed by atoms with Gasteiger partial charge in [-0.1, -0.05) is 68.9 Å². The molecule has 0 aromatic rings. The Kier molecular flexibility index (Phi) is 15.2. The summed E-state index contributed by atoms with van der Waals surface area (Å²) >= 11 is 0. The van der Waals surface area contributed by atoms with Gasteiger partial charge in [0.25, 0.3) is 0 Å². The van der Waals surface area contributed by atoms with Crippen LogP contribution in [0.3, 0.4) is 0 Å². The van der Waals surface area contributed by atoms with Crippen LogP contribution in [0.4, 0.5) is 0 Å². The zero-order valence-electron chi connectivity index (χ0n) is 15.8. The average molecular weight is 333 g/mol. The zero-order valence-corrected chi connectivity index (χ0v) is 15.8. The Balaban J connectivity index is 4.09. The van der Waals surface area contributed by atoms with Gasteiger partial charge in [0.1, 0.15) is 0 Å². The average Bonchev–Trinajstić information content (AvgIpc) is 2.55. The van der Waals surface area contributed by atoms with E-state index in [1.807, 2.05) is 6.92 Å². The summed E-state index contributed by atoms with van der Waals surface area (Å²) in [5, 5.41) is 9.12. The van der Waals surface area contributed by atoms with E-state index in [0.717, 1.165) is 44.9 Å². The van der Waals surface area contributed by atoms with Gasteiger partial charge in [0.15, 0.2) is 0 Å². The van der Waals surface area contributed by atoms with E-state index in [9.17, 15) is 4.79 Å². The van der Waals surface area contributed by atoms with Crippen molar-refractivity contribution in [2.45, 2.75) is 72.1 Å². The molecule has 0 heterocycles. The van der Waals surface area contributed by atoms with Crippen LogP contribution in [0.2, 0.25) is 0 Å². The molecule has 0 aromatic carbocycles. The maximum absolute atomic E-state index is 11.1. The molecule has 136 valence electrons. The van der Waals surface area contributed by atoms with Gasteiger partial charge < -0.3 is 5.11 Å². The molecule has 2 heteroatoms. The van der Waals surface area contributed by atoms with Crippen molar-refractivity contribution in [3.63, 3.8) is 0 Å². The van der Waals surface area contributed by atoms with Gasteiger partial charge >= 0.3 is 5.97 Å². The molecule has 1 N–H and O–H groups in total. The molecule has 24 heavy (non-hydrogen) atoms. The van der Waals surface area contributed by atoms with Crippen LogP contribution in [0.1, 0.15) is 72.1 Å². The van der Waals surface area contributed by atoms with Gasteiger partial charge in [-0.2, -0.15) is 0 Å². The lowest BCUT2D eigenvalue weighted by atomic mass is 9.86. The minimum absolute atomic E-state index is 0.240. The Labute approximate surface area is 149 Å². The molecule has 0 saturated heterocycles. The molecule has 0 saturated carbocycles. The zero-order chi connectivity index (χ0) is 18.0. The van der Waals surface area contributed by atoms with Crippen molar-refractivity contribution in [1.82, 2.24) is 0 Å². The standard InChI is InChI=1S/C22H36O2/c1-4-6-8-9-10-11-12-13-14-16-18-21(19-22(23)24)20(3)17-15-7-5-2/h4,6,9-10,12-13,15,17,20-21H,5,7-8,11,14,16,18-19H2,1-3H3,(H,23,24). The molecule has 0 aromatic heterocycles. The quantitative estimate of drug-likeness (QED) is 0.283. The first-order valence-corrected chi connectivity index (χ1v) is 9.41. The lowest BCUT2D eigenvalue weighted by molar-refractivity contribution is -0.138. The summed E-state index contributed by atoms with van der Waals surface area (Å²) in [6.07, 6.45) is 24.9. The Morgan fingerprint density at radius 3 is 2.29 bits per heavy atom. The Hall–Kier alpha value is -1.57. The summed E-state index contributed by atoms with van der Waals surface area (Å²) in [6.45, 7) is 6.34. The summed E-state index contributed by atoms with van der Waals surface area (Å²) in [5.41, 5.74) is 0. The van der Waals surface area contributed by atoms with Crippen LogP contribution in [0.25, 0.3) is 0 Å². The molecular formula is C22H36O2. The fourth-order valence-electron chi connectivity index (χ4n) is 2.61. The minimum atomic E-state index is -0.683. The highest BCUT2D eigenvalue weighted by atomic mass is 16.4. The third kappa shape index (κ3) is 14.0. The monoisotopic (exact) mass is 332 g/mol. The van der Waals surface area contributed by atoms with E-state index in [-0.39, 0.29) is 12.3 Å². The van der Waals surface area contributed by atoms with Gasteiger partial charge in [0.2, 0.25) is 0 Å². The van der Waals surface area contributed by atoms with Crippen LogP contribution >= 0.6 is 0 Å². The molecular weight excluding hydrogens is 296 g/mol. The lowest BCUT2D eigenvalue weighted by Crippen LogP contribution is -2.14. The third-order valence-electron chi connectivity index (χ3n) is 4.13. The molecule has 0 radical (unpaired) electrons. The van der Waals surface area contributed by atoms with Gasteiger partial charge in [-0.15, -0.1) is 0 Å². The molecule has 0 amide bonds. The van der Waals surface area contributed by atoms with Gasteiger partial charge in [-0.25, -0.2) is 0 Å². The van der Waals surface area contributed by atoms with E-state index in [4.69, 9.17) is 5.11 Å². The number of aliphatic carboxylic acids is 1. The van der Waals surface area contributed by atoms with Crippen molar-refractivity contribution in [2.24, 2.45) is 11.8 Å². The minimum Gasteiger partial charge on any atom is -0.481 e. The summed E-state index contributed by atoms with van der Waals surface area (Å²) < 4.78 is 0. The number of allylic oxidation sites excluding steroid dienone is 8. The predicted octanol–water partition coefficient (Wildman–Crippen LogP) is 6.71. The molecule has 0 bridgehead atoms. The van der Waals surface area contributed by atoms with Gasteiger partial charge in [0.05, 0.1) is 0 Å². The number of carboxylic acid groups (broad SMARTS) is 1. The van der Waals surface area contributed by atoms with E-state index in [1.165, 1.54) is 0 Å². The Bertz CT molecular complexity index is 416. The van der Waals surface area contributed by atoms with Crippen LogP contribution in [0.5, 0.6) is 0 Å². The van der Waals surface area contributed by atoms with E-state index in [1.54, 1.807) is 0 Å². The molecule has 0 rings (SSSR count). The van der Waals surface area contributed by atoms with E-state index in [0.29, 0.717) is 5.92 Å². The maximum atomic E-state index is 11.1. The van der Waals surface area contributed by atoms with Crippen LogP contribution in [-0.4, -0.2) is 11.1 Å².